The maximum Gasteiger partial charge on any atom is 0.420 e. The van der Waals surface area contributed by atoms with E-state index < -0.39 is 17.6 Å². The minimum Gasteiger partial charge on any atom is -0.309 e. The van der Waals surface area contributed by atoms with E-state index in [1.165, 1.54) is 12.1 Å². The van der Waals surface area contributed by atoms with Crippen LogP contribution in [0.1, 0.15) is 111 Å². The van der Waals surface area contributed by atoms with Crippen molar-refractivity contribution in [2.75, 3.05) is 0 Å². The van der Waals surface area contributed by atoms with Crippen LogP contribution < -0.4 is 0 Å². The maximum absolute atomic E-state index is 16.7. The molecule has 0 aliphatic heterocycles. The Morgan fingerprint density at radius 3 is 0.966 bits per heavy atom. The predicted molar refractivity (Wildman–Crippen MR) is 240 cm³/mol. The summed E-state index contributed by atoms with van der Waals surface area (Å²) in [7, 11) is 0. The van der Waals surface area contributed by atoms with Gasteiger partial charge in [-0.25, -0.2) is 4.39 Å². The number of nitrogens with zero attached hydrogens (tertiary/aromatic N) is 2. The first-order valence-corrected chi connectivity index (χ1v) is 20.5. The van der Waals surface area contributed by atoms with Crippen molar-refractivity contribution < 1.29 is 17.6 Å². The van der Waals surface area contributed by atoms with Gasteiger partial charge in [-0.15, -0.1) is 0 Å². The van der Waals surface area contributed by atoms with Crippen molar-refractivity contribution in [1.29, 1.82) is 0 Å². The lowest BCUT2D eigenvalue weighted by molar-refractivity contribution is -0.137. The van der Waals surface area contributed by atoms with E-state index in [9.17, 15) is 0 Å². The molecule has 0 amide bonds. The van der Waals surface area contributed by atoms with Gasteiger partial charge in [-0.1, -0.05) is 144 Å². The second-order valence-corrected chi connectivity index (χ2v) is 20.5. The lowest BCUT2D eigenvalue weighted by Crippen LogP contribution is -2.17. The molecule has 8 rings (SSSR count). The number of aromatic nitrogens is 2. The molecule has 0 aliphatic carbocycles. The minimum absolute atomic E-state index is 0.0136. The van der Waals surface area contributed by atoms with Gasteiger partial charge in [-0.3, -0.25) is 0 Å². The molecule has 0 unspecified atom stereocenters. The largest absolute Gasteiger partial charge is 0.420 e. The van der Waals surface area contributed by atoms with Crippen LogP contribution >= 0.6 is 0 Å². The van der Waals surface area contributed by atoms with E-state index in [-0.39, 0.29) is 33.0 Å². The van der Waals surface area contributed by atoms with Crippen LogP contribution in [0.2, 0.25) is 0 Å². The van der Waals surface area contributed by atoms with E-state index in [2.05, 4.69) is 107 Å². The molecule has 6 aromatic carbocycles. The van der Waals surface area contributed by atoms with Crippen molar-refractivity contribution in [3.05, 3.63) is 143 Å². The van der Waals surface area contributed by atoms with Gasteiger partial charge in [0, 0.05) is 21.5 Å². The highest BCUT2D eigenvalue weighted by Gasteiger charge is 2.40. The molecule has 6 heteroatoms. The fourth-order valence-corrected chi connectivity index (χ4v) is 8.51. The van der Waals surface area contributed by atoms with Crippen LogP contribution in [0.4, 0.5) is 17.6 Å². The molecule has 0 N–H and O–H groups in total. The topological polar surface area (TPSA) is 9.86 Å². The highest BCUT2D eigenvalue weighted by Crippen LogP contribution is 2.48. The highest BCUT2D eigenvalue weighted by molar-refractivity contribution is 6.11. The average Bonchev–Trinajstić information content (AvgIpc) is 3.63. The summed E-state index contributed by atoms with van der Waals surface area (Å²) in [6, 6.07) is 34.1. The van der Waals surface area contributed by atoms with Crippen molar-refractivity contribution in [1.82, 2.24) is 9.13 Å². The number of rotatable bonds is 3. The van der Waals surface area contributed by atoms with Gasteiger partial charge in [-0.2, -0.15) is 13.2 Å². The summed E-state index contributed by atoms with van der Waals surface area (Å²) in [6.07, 6.45) is -4.82. The van der Waals surface area contributed by atoms with E-state index in [4.69, 9.17) is 0 Å². The summed E-state index contributed by atoms with van der Waals surface area (Å²) in [6.45, 7) is 25.4. The first kappa shape index (κ1) is 40.4. The van der Waals surface area contributed by atoms with E-state index in [1.54, 1.807) is 24.3 Å². The van der Waals surface area contributed by atoms with Gasteiger partial charge >= 0.3 is 6.18 Å². The molecule has 0 atom stereocenters. The molecule has 0 saturated heterocycles. The molecule has 0 saturated carbocycles. The SMILES string of the molecule is CC(C)(C)c1ccc2c3ccc(C(C)(C)C)cc3n(-c3cc(-c4cccc(F)c4)cc(-n4c5cc(C(C)(C)C)ccc5c5ccc(C(C)(C)C)cc54)c3C(F)(F)F)c2c1. The zero-order chi connectivity index (χ0) is 42.8. The average molecular weight is 795 g/mol. The number of fused-ring (bicyclic) bond motifs is 6. The summed E-state index contributed by atoms with van der Waals surface area (Å²) < 4.78 is 68.8. The number of hydrogen-bond donors (Lipinski definition) is 0. The predicted octanol–water partition coefficient (Wildman–Crippen LogP) is 15.9. The third-order valence-corrected chi connectivity index (χ3v) is 12.0. The summed E-state index contributed by atoms with van der Waals surface area (Å²) in [5.74, 6) is -0.464. The van der Waals surface area contributed by atoms with Crippen LogP contribution in [-0.2, 0) is 27.8 Å². The first-order valence-electron chi connectivity index (χ1n) is 20.5. The summed E-state index contributed by atoms with van der Waals surface area (Å²) in [5, 5.41) is 3.45. The summed E-state index contributed by atoms with van der Waals surface area (Å²) in [5.41, 5.74) is 5.83. The standard InChI is InChI=1S/C53H54F4N2/c1-49(2,3)33-16-20-38-39-21-17-34(50(4,5)6)28-43(39)58(42(38)27-33)46-25-32(31-14-13-15-37(54)24-31)26-47(48(46)53(55,56)57)59-44-29-35(51(7,8)9)18-22-40(44)41-23-19-36(30-45(41)59)52(10,11)12/h13-30H,1-12H3. The van der Waals surface area contributed by atoms with Crippen molar-refractivity contribution in [2.45, 2.75) is 111 Å². The number of benzene rings is 6. The van der Waals surface area contributed by atoms with Crippen LogP contribution in [0.5, 0.6) is 0 Å². The Labute approximate surface area is 345 Å². The molecule has 0 aliphatic rings. The molecule has 2 aromatic heterocycles. The summed E-state index contributed by atoms with van der Waals surface area (Å²) in [4.78, 5) is 0. The van der Waals surface area contributed by atoms with Crippen LogP contribution in [0.3, 0.4) is 0 Å². The van der Waals surface area contributed by atoms with E-state index in [0.29, 0.717) is 33.2 Å². The minimum atomic E-state index is -4.82. The zero-order valence-electron chi connectivity index (χ0n) is 36.3. The molecule has 8 aromatic rings. The van der Waals surface area contributed by atoms with Gasteiger partial charge in [0.15, 0.2) is 0 Å². The highest BCUT2D eigenvalue weighted by atomic mass is 19.4. The van der Waals surface area contributed by atoms with Crippen LogP contribution in [0.15, 0.2) is 109 Å². The molecule has 59 heavy (non-hydrogen) atoms. The van der Waals surface area contributed by atoms with Crippen LogP contribution in [0, 0.1) is 5.82 Å². The van der Waals surface area contributed by atoms with Crippen molar-refractivity contribution in [2.24, 2.45) is 0 Å². The van der Waals surface area contributed by atoms with Gasteiger partial charge in [0.05, 0.1) is 33.4 Å². The summed E-state index contributed by atoms with van der Waals surface area (Å²) >= 11 is 0. The molecule has 0 fully saturated rings. The van der Waals surface area contributed by atoms with Crippen molar-refractivity contribution >= 4 is 43.6 Å². The Kier molecular flexibility index (Phi) is 9.13. The lowest BCUT2D eigenvalue weighted by Gasteiger charge is -2.25. The van der Waals surface area contributed by atoms with Crippen LogP contribution in [0.25, 0.3) is 66.1 Å². The van der Waals surface area contributed by atoms with Gasteiger partial charge < -0.3 is 9.13 Å². The van der Waals surface area contributed by atoms with Crippen molar-refractivity contribution in [3.8, 4) is 22.5 Å². The van der Waals surface area contributed by atoms with Crippen molar-refractivity contribution in [3.63, 3.8) is 0 Å². The van der Waals surface area contributed by atoms with Gasteiger partial charge in [0.2, 0.25) is 0 Å². The molecule has 304 valence electrons. The Morgan fingerprint density at radius 1 is 0.373 bits per heavy atom. The molecular formula is C53H54F4N2. The Bertz CT molecular complexity index is 2650. The van der Waals surface area contributed by atoms with Gasteiger partial charge in [0.25, 0.3) is 0 Å². The molecule has 0 radical (unpaired) electrons. The monoisotopic (exact) mass is 794 g/mol. The normalized spacial score (nSPS) is 13.4. The number of halogens is 4. The molecule has 2 heterocycles. The number of alkyl halides is 3. The third-order valence-electron chi connectivity index (χ3n) is 12.0. The number of hydrogen-bond acceptors (Lipinski definition) is 0. The third kappa shape index (κ3) is 7.02. The first-order chi connectivity index (χ1) is 27.3. The van der Waals surface area contributed by atoms with E-state index in [0.717, 1.165) is 43.8 Å². The van der Waals surface area contributed by atoms with Gasteiger partial charge in [0.1, 0.15) is 11.4 Å². The van der Waals surface area contributed by atoms with E-state index in [1.807, 2.05) is 57.7 Å². The Hall–Kier alpha value is -5.36. The Morgan fingerprint density at radius 2 is 0.695 bits per heavy atom. The molecule has 2 nitrogen and oxygen atoms in total. The Balaban J connectivity index is 1.64. The fraction of sp³-hybridized carbons (Fsp3) is 0.321. The molecule has 0 bridgehead atoms. The zero-order valence-corrected chi connectivity index (χ0v) is 36.3. The lowest BCUT2D eigenvalue weighted by atomic mass is 9.86. The molecule has 0 spiro atoms. The quantitative estimate of drug-likeness (QED) is 0.158. The fourth-order valence-electron chi connectivity index (χ4n) is 8.51. The second kappa shape index (κ2) is 13.3. The smallest absolute Gasteiger partial charge is 0.309 e. The van der Waals surface area contributed by atoms with E-state index >= 15 is 17.6 Å². The molecular weight excluding hydrogens is 741 g/mol. The maximum atomic E-state index is 16.7. The van der Waals surface area contributed by atoms with Crippen LogP contribution in [-0.4, -0.2) is 9.13 Å². The second-order valence-electron chi connectivity index (χ2n) is 20.5. The van der Waals surface area contributed by atoms with Gasteiger partial charge in [-0.05, 0) is 104 Å².